The Hall–Kier alpha value is -2.47. The van der Waals surface area contributed by atoms with Crippen molar-refractivity contribution < 1.29 is 13.2 Å². The molecule has 0 spiro atoms. The van der Waals surface area contributed by atoms with Crippen LogP contribution >= 0.6 is 0 Å². The zero-order valence-electron chi connectivity index (χ0n) is 13.9. The number of hydrogen-bond donors (Lipinski definition) is 1. The van der Waals surface area contributed by atoms with Crippen LogP contribution in [0.5, 0.6) is 0 Å². The Morgan fingerprint density at radius 2 is 1.58 bits per heavy atom. The van der Waals surface area contributed by atoms with Gasteiger partial charge in [-0.15, -0.1) is 0 Å². The lowest BCUT2D eigenvalue weighted by Crippen LogP contribution is -2.27. The van der Waals surface area contributed by atoms with Gasteiger partial charge >= 0.3 is 0 Å². The molecule has 0 amide bonds. The first-order chi connectivity index (χ1) is 11.3. The Labute approximate surface area is 142 Å². The van der Waals surface area contributed by atoms with E-state index in [2.05, 4.69) is 9.93 Å². The largest absolute Gasteiger partial charge is 0.287 e. The van der Waals surface area contributed by atoms with Crippen LogP contribution in [0.15, 0.2) is 64.6 Å². The number of carbonyl (C=O) groups excluding carboxylic acids is 1. The predicted octanol–water partition coefficient (Wildman–Crippen LogP) is 3.17. The summed E-state index contributed by atoms with van der Waals surface area (Å²) in [5, 5.41) is 3.90. The summed E-state index contributed by atoms with van der Waals surface area (Å²) >= 11 is 0. The molecule has 0 saturated carbocycles. The molecule has 5 nitrogen and oxygen atoms in total. The Bertz CT molecular complexity index is 840. The third kappa shape index (κ3) is 4.29. The summed E-state index contributed by atoms with van der Waals surface area (Å²) in [7, 11) is -3.81. The fourth-order valence-corrected chi connectivity index (χ4v) is 2.88. The molecule has 126 valence electrons. The van der Waals surface area contributed by atoms with E-state index in [1.807, 2.05) is 13.0 Å². The van der Waals surface area contributed by atoms with Gasteiger partial charge in [0.1, 0.15) is 5.71 Å². The smallest absolute Gasteiger partial charge is 0.276 e. The van der Waals surface area contributed by atoms with E-state index in [-0.39, 0.29) is 22.3 Å². The van der Waals surface area contributed by atoms with Gasteiger partial charge in [-0.25, -0.2) is 0 Å². The topological polar surface area (TPSA) is 75.6 Å². The lowest BCUT2D eigenvalue weighted by Gasteiger charge is -2.10. The first-order valence-corrected chi connectivity index (χ1v) is 9.05. The molecule has 0 fully saturated rings. The van der Waals surface area contributed by atoms with Gasteiger partial charge in [0, 0.05) is 11.5 Å². The highest BCUT2D eigenvalue weighted by Gasteiger charge is 2.20. The maximum atomic E-state index is 12.5. The summed E-state index contributed by atoms with van der Waals surface area (Å²) in [5.74, 6) is -0.518. The van der Waals surface area contributed by atoms with E-state index in [1.54, 1.807) is 50.2 Å². The van der Waals surface area contributed by atoms with Crippen molar-refractivity contribution in [1.82, 2.24) is 4.83 Å². The van der Waals surface area contributed by atoms with Gasteiger partial charge in [0.15, 0.2) is 0 Å². The Morgan fingerprint density at radius 1 is 1.00 bits per heavy atom. The van der Waals surface area contributed by atoms with E-state index in [9.17, 15) is 13.2 Å². The number of Topliss-reactive ketones (excluding diaryl/α,β-unsaturated/α-hetero) is 1. The van der Waals surface area contributed by atoms with Gasteiger partial charge in [0.25, 0.3) is 10.0 Å². The fraction of sp³-hybridized carbons (Fsp3) is 0.222. The molecule has 0 aliphatic heterocycles. The molecule has 0 aliphatic carbocycles. The van der Waals surface area contributed by atoms with Crippen molar-refractivity contribution in [3.63, 3.8) is 0 Å². The lowest BCUT2D eigenvalue weighted by molar-refractivity contribution is 0.106. The number of hydrazone groups is 1. The number of sulfonamides is 1. The highest BCUT2D eigenvalue weighted by molar-refractivity contribution is 7.89. The monoisotopic (exact) mass is 344 g/mol. The second-order valence-electron chi connectivity index (χ2n) is 5.75. The number of rotatable bonds is 6. The van der Waals surface area contributed by atoms with Gasteiger partial charge in [-0.05, 0) is 19.1 Å². The van der Waals surface area contributed by atoms with Crippen LogP contribution in [0.1, 0.15) is 29.8 Å². The van der Waals surface area contributed by atoms with Crippen LogP contribution < -0.4 is 4.83 Å². The molecule has 0 unspecified atom stereocenters. The van der Waals surface area contributed by atoms with Crippen LogP contribution in [0.25, 0.3) is 0 Å². The van der Waals surface area contributed by atoms with Crippen molar-refractivity contribution in [2.75, 3.05) is 0 Å². The molecule has 0 radical (unpaired) electrons. The normalized spacial score (nSPS) is 12.2. The maximum Gasteiger partial charge on any atom is 0.276 e. The summed E-state index contributed by atoms with van der Waals surface area (Å²) in [6.45, 7) is 5.46. The average molecular weight is 344 g/mol. The van der Waals surface area contributed by atoms with Crippen molar-refractivity contribution in [1.29, 1.82) is 0 Å². The third-order valence-corrected chi connectivity index (χ3v) is 4.66. The fourth-order valence-electron chi connectivity index (χ4n) is 2.06. The molecule has 0 aliphatic rings. The van der Waals surface area contributed by atoms with Gasteiger partial charge in [0.05, 0.1) is 4.90 Å². The number of benzene rings is 2. The number of nitrogens with zero attached hydrogens (tertiary/aromatic N) is 1. The number of carbonyl (C=O) groups is 1. The number of ketones is 1. The number of nitrogens with one attached hydrogen (secondary N) is 1. The summed E-state index contributed by atoms with van der Waals surface area (Å²) in [4.78, 5) is 14.8. The molecular weight excluding hydrogens is 324 g/mol. The first kappa shape index (κ1) is 17.9. The van der Waals surface area contributed by atoms with Crippen molar-refractivity contribution in [2.45, 2.75) is 25.7 Å². The number of aryl methyl sites for hydroxylation is 1. The van der Waals surface area contributed by atoms with Crippen LogP contribution in [0.3, 0.4) is 0 Å². The average Bonchev–Trinajstić information content (AvgIpc) is 2.55. The highest BCUT2D eigenvalue weighted by Crippen LogP contribution is 2.11. The minimum absolute atomic E-state index is 0.104. The quantitative estimate of drug-likeness (QED) is 0.497. The van der Waals surface area contributed by atoms with E-state index in [0.717, 1.165) is 5.56 Å². The molecule has 0 aromatic heterocycles. The van der Waals surface area contributed by atoms with Gasteiger partial charge < -0.3 is 0 Å². The zero-order chi connectivity index (χ0) is 17.7. The van der Waals surface area contributed by atoms with E-state index in [4.69, 9.17) is 0 Å². The number of hydrogen-bond acceptors (Lipinski definition) is 4. The standard InChI is InChI=1S/C18H20N2O3S/c1-13(2)17(18(21)15-7-5-4-6-8-15)19-20-24(22,23)16-11-9-14(3)10-12-16/h4-13,20H,1-3H3. The lowest BCUT2D eigenvalue weighted by atomic mass is 9.99. The van der Waals surface area contributed by atoms with E-state index in [1.165, 1.54) is 12.1 Å². The Balaban J connectivity index is 2.28. The molecule has 0 bridgehead atoms. The minimum atomic E-state index is -3.81. The highest BCUT2D eigenvalue weighted by atomic mass is 32.2. The first-order valence-electron chi connectivity index (χ1n) is 7.57. The molecule has 2 aromatic carbocycles. The second-order valence-corrected chi connectivity index (χ2v) is 7.42. The molecular formula is C18H20N2O3S. The van der Waals surface area contributed by atoms with Gasteiger partial charge in [0.2, 0.25) is 5.78 Å². The predicted molar refractivity (Wildman–Crippen MR) is 94.5 cm³/mol. The minimum Gasteiger partial charge on any atom is -0.287 e. The van der Waals surface area contributed by atoms with E-state index in [0.29, 0.717) is 5.56 Å². The van der Waals surface area contributed by atoms with Gasteiger partial charge in [-0.1, -0.05) is 61.9 Å². The molecule has 0 saturated heterocycles. The molecule has 2 rings (SSSR count). The van der Waals surface area contributed by atoms with Gasteiger partial charge in [-0.2, -0.15) is 18.4 Å². The molecule has 0 atom stereocenters. The van der Waals surface area contributed by atoms with Crippen molar-refractivity contribution in [3.05, 3.63) is 65.7 Å². The van der Waals surface area contributed by atoms with Crippen molar-refractivity contribution in [2.24, 2.45) is 11.0 Å². The molecule has 6 heteroatoms. The molecule has 0 heterocycles. The van der Waals surface area contributed by atoms with Crippen molar-refractivity contribution >= 4 is 21.5 Å². The van der Waals surface area contributed by atoms with Crippen LogP contribution in [-0.4, -0.2) is 19.9 Å². The molecule has 1 N–H and O–H groups in total. The van der Waals surface area contributed by atoms with Crippen LogP contribution in [0, 0.1) is 12.8 Å². The second kappa shape index (κ2) is 7.40. The van der Waals surface area contributed by atoms with Crippen LogP contribution in [0.2, 0.25) is 0 Å². The third-order valence-electron chi connectivity index (χ3n) is 3.43. The maximum absolute atomic E-state index is 12.5. The Kier molecular flexibility index (Phi) is 5.51. The van der Waals surface area contributed by atoms with E-state index >= 15 is 0 Å². The Morgan fingerprint density at radius 3 is 2.12 bits per heavy atom. The van der Waals surface area contributed by atoms with Crippen LogP contribution in [0.4, 0.5) is 0 Å². The SMILES string of the molecule is Cc1ccc(S(=O)(=O)NN=C(C(=O)c2ccccc2)C(C)C)cc1. The summed E-state index contributed by atoms with van der Waals surface area (Å²) < 4.78 is 24.6. The summed E-state index contributed by atoms with van der Waals surface area (Å²) in [5.41, 5.74) is 1.59. The van der Waals surface area contributed by atoms with E-state index < -0.39 is 10.0 Å². The summed E-state index contributed by atoms with van der Waals surface area (Å²) in [6.07, 6.45) is 0. The molecule has 2 aromatic rings. The molecule has 24 heavy (non-hydrogen) atoms. The zero-order valence-corrected chi connectivity index (χ0v) is 14.7. The van der Waals surface area contributed by atoms with Crippen molar-refractivity contribution in [3.8, 4) is 0 Å². The van der Waals surface area contributed by atoms with Gasteiger partial charge in [-0.3, -0.25) is 4.79 Å². The summed E-state index contributed by atoms with van der Waals surface area (Å²) in [6, 6.07) is 15.1. The van der Waals surface area contributed by atoms with Crippen LogP contribution in [-0.2, 0) is 10.0 Å².